The average molecular weight is 371 g/mol. The molecule has 1 aliphatic rings. The second-order valence-corrected chi connectivity index (χ2v) is 7.33. The van der Waals surface area contributed by atoms with E-state index in [9.17, 15) is 9.59 Å². The molecule has 5 nitrogen and oxygen atoms in total. The molecule has 3 heterocycles. The first kappa shape index (κ1) is 15.9. The van der Waals surface area contributed by atoms with Crippen molar-refractivity contribution < 1.29 is 19.1 Å². The third-order valence-corrected chi connectivity index (χ3v) is 5.94. The number of benzene rings is 1. The second-order valence-electron chi connectivity index (χ2n) is 5.36. The topological polar surface area (TPSA) is 64.6 Å². The van der Waals surface area contributed by atoms with Gasteiger partial charge in [0.2, 0.25) is 0 Å². The summed E-state index contributed by atoms with van der Waals surface area (Å²) >= 11 is 2.65. The summed E-state index contributed by atoms with van der Waals surface area (Å²) < 4.78 is 10.5. The number of carbonyl (C=O) groups excluding carboxylic acids is 2. The van der Waals surface area contributed by atoms with Crippen molar-refractivity contribution in [2.75, 3.05) is 12.4 Å². The lowest BCUT2D eigenvalue weighted by Crippen LogP contribution is -2.12. The van der Waals surface area contributed by atoms with Crippen LogP contribution in [0.2, 0.25) is 0 Å². The lowest BCUT2D eigenvalue weighted by atomic mass is 10.1. The van der Waals surface area contributed by atoms with Crippen molar-refractivity contribution in [3.63, 3.8) is 0 Å². The van der Waals surface area contributed by atoms with Crippen LogP contribution in [0.3, 0.4) is 0 Å². The van der Waals surface area contributed by atoms with Crippen molar-refractivity contribution in [3.8, 4) is 16.2 Å². The molecule has 0 spiro atoms. The number of anilines is 1. The Morgan fingerprint density at radius 3 is 2.92 bits per heavy atom. The number of esters is 1. The van der Waals surface area contributed by atoms with Crippen LogP contribution in [0.4, 0.5) is 5.69 Å². The number of nitrogens with one attached hydrogen (secondary N) is 1. The van der Waals surface area contributed by atoms with Crippen LogP contribution in [0.5, 0.6) is 5.75 Å². The van der Waals surface area contributed by atoms with E-state index in [4.69, 9.17) is 9.47 Å². The van der Waals surface area contributed by atoms with E-state index in [0.29, 0.717) is 22.0 Å². The van der Waals surface area contributed by atoms with Gasteiger partial charge in [0.15, 0.2) is 0 Å². The van der Waals surface area contributed by atoms with Crippen LogP contribution in [0.1, 0.15) is 24.9 Å². The summed E-state index contributed by atoms with van der Waals surface area (Å²) in [5, 5.41) is 4.54. The van der Waals surface area contributed by atoms with Crippen molar-refractivity contribution in [1.29, 1.82) is 0 Å². The maximum Gasteiger partial charge on any atom is 0.350 e. The Hall–Kier alpha value is -2.64. The maximum absolute atomic E-state index is 12.6. The van der Waals surface area contributed by atoms with Gasteiger partial charge in [-0.1, -0.05) is 12.1 Å². The van der Waals surface area contributed by atoms with Crippen LogP contribution < -0.4 is 10.1 Å². The fraction of sp³-hybridized carbons (Fsp3) is 0.111. The van der Waals surface area contributed by atoms with Crippen LogP contribution in [-0.2, 0) is 11.3 Å². The summed E-state index contributed by atoms with van der Waals surface area (Å²) in [6, 6.07) is 11.3. The highest BCUT2D eigenvalue weighted by atomic mass is 32.1. The van der Waals surface area contributed by atoms with Gasteiger partial charge in [0.05, 0.1) is 17.7 Å². The third kappa shape index (κ3) is 2.81. The van der Waals surface area contributed by atoms with Crippen LogP contribution in [0.25, 0.3) is 10.4 Å². The van der Waals surface area contributed by atoms with Crippen molar-refractivity contribution in [1.82, 2.24) is 0 Å². The number of hydrogen-bond acceptors (Lipinski definition) is 6. The first-order chi connectivity index (χ1) is 12.2. The Morgan fingerprint density at radius 2 is 2.08 bits per heavy atom. The molecule has 1 aliphatic heterocycles. The number of methoxy groups -OCH3 is 1. The quantitative estimate of drug-likeness (QED) is 0.693. The summed E-state index contributed by atoms with van der Waals surface area (Å²) in [7, 11) is 1.32. The van der Waals surface area contributed by atoms with Crippen molar-refractivity contribution in [2.24, 2.45) is 0 Å². The van der Waals surface area contributed by atoms with Gasteiger partial charge in [-0.25, -0.2) is 4.79 Å². The molecule has 4 rings (SSSR count). The molecular formula is C18H13NO4S2. The lowest BCUT2D eigenvalue weighted by Gasteiger charge is -2.16. The van der Waals surface area contributed by atoms with E-state index in [2.05, 4.69) is 5.32 Å². The standard InChI is InChI=1S/C18H13NO4S2/c1-22-18(21)16-12(6-7-24-16)19-17(20)14-8-10-9-23-13-5-3-2-4-11(13)15(10)25-14/h2-8H,9H2,1H3,(H,19,20). The summed E-state index contributed by atoms with van der Waals surface area (Å²) in [6.45, 7) is 0.446. The number of thiophene rings is 2. The fourth-order valence-corrected chi connectivity index (χ4v) is 4.51. The molecule has 126 valence electrons. The molecule has 1 N–H and O–H groups in total. The van der Waals surface area contributed by atoms with E-state index in [-0.39, 0.29) is 5.91 Å². The van der Waals surface area contributed by atoms with E-state index >= 15 is 0 Å². The molecule has 0 fully saturated rings. The highest BCUT2D eigenvalue weighted by molar-refractivity contribution is 7.17. The highest BCUT2D eigenvalue weighted by Gasteiger charge is 2.23. The van der Waals surface area contributed by atoms with Crippen molar-refractivity contribution >= 4 is 40.2 Å². The predicted molar refractivity (Wildman–Crippen MR) is 97.7 cm³/mol. The summed E-state index contributed by atoms with van der Waals surface area (Å²) in [5.74, 6) is 0.119. The predicted octanol–water partition coefficient (Wildman–Crippen LogP) is 4.41. The minimum absolute atomic E-state index is 0.250. The van der Waals surface area contributed by atoms with E-state index in [0.717, 1.165) is 21.8 Å². The van der Waals surface area contributed by atoms with Crippen molar-refractivity contribution in [2.45, 2.75) is 6.61 Å². The first-order valence-electron chi connectivity index (χ1n) is 7.49. The molecule has 1 amide bonds. The van der Waals surface area contributed by atoms with Gasteiger partial charge in [0.1, 0.15) is 17.2 Å². The van der Waals surface area contributed by atoms with E-state index in [1.807, 2.05) is 30.3 Å². The maximum atomic E-state index is 12.6. The molecule has 7 heteroatoms. The van der Waals surface area contributed by atoms with Crippen LogP contribution in [-0.4, -0.2) is 19.0 Å². The van der Waals surface area contributed by atoms with Gasteiger partial charge in [-0.3, -0.25) is 4.79 Å². The van der Waals surface area contributed by atoms with Crippen LogP contribution in [0, 0.1) is 0 Å². The Balaban J connectivity index is 1.62. The Labute approximate surface area is 151 Å². The minimum Gasteiger partial charge on any atom is -0.488 e. The van der Waals surface area contributed by atoms with E-state index in [1.54, 1.807) is 11.4 Å². The molecule has 0 aliphatic carbocycles. The molecular weight excluding hydrogens is 358 g/mol. The largest absolute Gasteiger partial charge is 0.488 e. The van der Waals surface area contributed by atoms with E-state index in [1.165, 1.54) is 29.8 Å². The molecule has 0 unspecified atom stereocenters. The minimum atomic E-state index is -0.460. The molecule has 0 bridgehead atoms. The zero-order chi connectivity index (χ0) is 17.4. The van der Waals surface area contributed by atoms with Crippen molar-refractivity contribution in [3.05, 3.63) is 57.1 Å². The zero-order valence-electron chi connectivity index (χ0n) is 13.2. The zero-order valence-corrected chi connectivity index (χ0v) is 14.8. The molecule has 3 aromatic rings. The number of hydrogen-bond donors (Lipinski definition) is 1. The van der Waals surface area contributed by atoms with Crippen LogP contribution >= 0.6 is 22.7 Å². The van der Waals surface area contributed by atoms with Gasteiger partial charge in [0.25, 0.3) is 5.91 Å². The SMILES string of the molecule is COC(=O)c1sccc1NC(=O)c1cc2c(s1)-c1ccccc1OC2. The van der Waals surface area contributed by atoms with Gasteiger partial charge in [0, 0.05) is 16.0 Å². The smallest absolute Gasteiger partial charge is 0.350 e. The van der Waals surface area contributed by atoms with Gasteiger partial charge < -0.3 is 14.8 Å². The number of fused-ring (bicyclic) bond motifs is 3. The fourth-order valence-electron chi connectivity index (χ4n) is 2.65. The highest BCUT2D eigenvalue weighted by Crippen LogP contribution is 2.42. The average Bonchev–Trinajstić information content (AvgIpc) is 3.27. The summed E-state index contributed by atoms with van der Waals surface area (Å²) in [5.41, 5.74) is 2.45. The molecule has 0 saturated carbocycles. The molecule has 0 saturated heterocycles. The van der Waals surface area contributed by atoms with Gasteiger partial charge >= 0.3 is 5.97 Å². The Bertz CT molecular complexity index is 973. The lowest BCUT2D eigenvalue weighted by molar-refractivity contribution is 0.0607. The first-order valence-corrected chi connectivity index (χ1v) is 9.19. The molecule has 0 atom stereocenters. The van der Waals surface area contributed by atoms with E-state index < -0.39 is 5.97 Å². The monoisotopic (exact) mass is 371 g/mol. The van der Waals surface area contributed by atoms with Gasteiger partial charge in [-0.05, 0) is 29.6 Å². The number of ether oxygens (including phenoxy) is 2. The summed E-state index contributed by atoms with van der Waals surface area (Å²) in [6.07, 6.45) is 0. The number of amides is 1. The number of rotatable bonds is 3. The van der Waals surface area contributed by atoms with Gasteiger partial charge in [-0.15, -0.1) is 22.7 Å². The normalized spacial score (nSPS) is 11.9. The molecule has 25 heavy (non-hydrogen) atoms. The second kappa shape index (κ2) is 6.34. The molecule has 0 radical (unpaired) electrons. The van der Waals surface area contributed by atoms with Gasteiger partial charge in [-0.2, -0.15) is 0 Å². The molecule has 1 aromatic carbocycles. The Kier molecular flexibility index (Phi) is 4.03. The number of para-hydroxylation sites is 1. The summed E-state index contributed by atoms with van der Waals surface area (Å²) in [4.78, 5) is 26.4. The Morgan fingerprint density at radius 1 is 1.24 bits per heavy atom. The third-order valence-electron chi connectivity index (χ3n) is 3.83. The molecule has 2 aromatic heterocycles. The number of carbonyl (C=O) groups is 2. The van der Waals surface area contributed by atoms with Crippen LogP contribution in [0.15, 0.2) is 41.8 Å².